The molecule has 0 aliphatic carbocycles. The van der Waals surface area contributed by atoms with Gasteiger partial charge in [0.2, 0.25) is 0 Å². The Bertz CT molecular complexity index is 1500. The molecule has 1 aliphatic rings. The number of fused-ring (bicyclic) bond motifs is 1. The number of aryl methyl sites for hydroxylation is 1. The van der Waals surface area contributed by atoms with E-state index in [2.05, 4.69) is 32.7 Å². The Balaban J connectivity index is 1.99. The molecule has 3 aromatic rings. The second-order valence-corrected chi connectivity index (χ2v) is 10.7. The van der Waals surface area contributed by atoms with E-state index in [9.17, 15) is 17.6 Å². The Morgan fingerprint density at radius 2 is 2.10 bits per heavy atom. The Morgan fingerprint density at radius 1 is 1.33 bits per heavy atom. The van der Waals surface area contributed by atoms with E-state index in [-0.39, 0.29) is 24.4 Å². The quantitative estimate of drug-likeness (QED) is 0.223. The van der Waals surface area contributed by atoms with Crippen LogP contribution < -0.4 is 5.32 Å². The molecule has 0 unspecified atom stereocenters. The number of hydrogen-bond donors (Lipinski definition) is 1. The summed E-state index contributed by atoms with van der Waals surface area (Å²) in [5.74, 6) is -3.62. The molecule has 1 aliphatic heterocycles. The summed E-state index contributed by atoms with van der Waals surface area (Å²) in [6, 6.07) is 3.82. The van der Waals surface area contributed by atoms with Gasteiger partial charge in [0.15, 0.2) is 0 Å². The van der Waals surface area contributed by atoms with Crippen LogP contribution in [0.4, 0.5) is 17.6 Å². The van der Waals surface area contributed by atoms with E-state index in [0.29, 0.717) is 40.3 Å². The van der Waals surface area contributed by atoms with Crippen molar-refractivity contribution in [3.05, 3.63) is 82.6 Å². The van der Waals surface area contributed by atoms with Gasteiger partial charge in [-0.1, -0.05) is 33.4 Å². The van der Waals surface area contributed by atoms with E-state index >= 15 is 0 Å². The molecule has 4 rings (SSSR count). The highest BCUT2D eigenvalue weighted by Crippen LogP contribution is 2.40. The highest BCUT2D eigenvalue weighted by atomic mass is 32.1. The number of nitrogens with zero attached hydrogens (tertiary/aromatic N) is 3. The van der Waals surface area contributed by atoms with Crippen LogP contribution in [0, 0.1) is 0 Å². The van der Waals surface area contributed by atoms with Gasteiger partial charge in [0, 0.05) is 46.1 Å². The van der Waals surface area contributed by atoms with Crippen molar-refractivity contribution in [1.29, 1.82) is 0 Å². The average Bonchev–Trinajstić information content (AvgIpc) is 3.54. The molecule has 0 aromatic carbocycles. The van der Waals surface area contributed by atoms with Crippen LogP contribution in [-0.2, 0) is 6.54 Å². The molecule has 0 radical (unpaired) electrons. The summed E-state index contributed by atoms with van der Waals surface area (Å²) in [5.41, 5.74) is 3.85. The van der Waals surface area contributed by atoms with Crippen molar-refractivity contribution in [2.75, 3.05) is 13.1 Å². The number of pyridine rings is 1. The number of piperidine rings is 1. The van der Waals surface area contributed by atoms with Gasteiger partial charge in [-0.3, -0.25) is 4.68 Å². The molecule has 4 heterocycles. The van der Waals surface area contributed by atoms with Gasteiger partial charge < -0.3 is 5.32 Å². The summed E-state index contributed by atoms with van der Waals surface area (Å²) >= 11 is 1.40. The first-order valence-corrected chi connectivity index (χ1v) is 13.8. The fraction of sp³-hybridized carbons (Fsp3) is 0.333. The van der Waals surface area contributed by atoms with Crippen LogP contribution >= 0.6 is 11.3 Å². The van der Waals surface area contributed by atoms with Crippen LogP contribution in [0.3, 0.4) is 0 Å². The highest BCUT2D eigenvalue weighted by molar-refractivity contribution is 7.17. The third-order valence-corrected chi connectivity index (χ3v) is 7.58. The molecular weight excluding hydrogens is 524 g/mol. The van der Waals surface area contributed by atoms with E-state index in [4.69, 9.17) is 10.1 Å². The lowest BCUT2D eigenvalue weighted by Crippen LogP contribution is -2.42. The maximum Gasteiger partial charge on any atom is 0.285 e. The number of halogens is 4. The van der Waals surface area contributed by atoms with Crippen molar-refractivity contribution in [2.24, 2.45) is 0 Å². The molecule has 1 N–H and O–H groups in total. The summed E-state index contributed by atoms with van der Waals surface area (Å²) in [5, 5.41) is 10.2. The van der Waals surface area contributed by atoms with Crippen molar-refractivity contribution in [3.8, 4) is 11.4 Å². The zero-order valence-electron chi connectivity index (χ0n) is 22.5. The zero-order chi connectivity index (χ0) is 28.3. The summed E-state index contributed by atoms with van der Waals surface area (Å²) in [7, 11) is 0. The number of allylic oxidation sites excluding steroid dienone is 5. The van der Waals surface area contributed by atoms with E-state index in [1.54, 1.807) is 6.08 Å². The van der Waals surface area contributed by atoms with Crippen LogP contribution in [0.15, 0.2) is 65.6 Å². The van der Waals surface area contributed by atoms with Crippen molar-refractivity contribution >= 4 is 33.1 Å². The van der Waals surface area contributed by atoms with E-state index in [1.807, 2.05) is 35.2 Å². The monoisotopic (exact) mass is 556 g/mol. The summed E-state index contributed by atoms with van der Waals surface area (Å²) in [4.78, 5) is 4.98. The van der Waals surface area contributed by atoms with Crippen LogP contribution in [0.2, 0.25) is 0 Å². The number of alkyl halides is 2. The maximum absolute atomic E-state index is 14.7. The first kappa shape index (κ1) is 28.7. The van der Waals surface area contributed by atoms with Gasteiger partial charge in [-0.15, -0.1) is 11.3 Å². The number of nitrogens with one attached hydrogen (secondary N) is 1. The molecule has 0 spiro atoms. The molecule has 0 atom stereocenters. The molecule has 0 bridgehead atoms. The molecule has 39 heavy (non-hydrogen) atoms. The molecule has 3 aromatic heterocycles. The van der Waals surface area contributed by atoms with Crippen molar-refractivity contribution < 1.29 is 17.6 Å². The zero-order valence-corrected chi connectivity index (χ0v) is 23.3. The maximum atomic E-state index is 14.7. The molecule has 1 fully saturated rings. The van der Waals surface area contributed by atoms with Crippen molar-refractivity contribution in [2.45, 2.75) is 52.5 Å². The highest BCUT2D eigenvalue weighted by Gasteiger charge is 2.37. The molecule has 4 nitrogen and oxygen atoms in total. The van der Waals surface area contributed by atoms with E-state index in [1.165, 1.54) is 17.4 Å². The Labute approximate surface area is 230 Å². The van der Waals surface area contributed by atoms with Gasteiger partial charge in [0.1, 0.15) is 17.2 Å². The molecule has 206 valence electrons. The minimum absolute atomic E-state index is 0.150. The number of hydrogen-bond acceptors (Lipinski definition) is 4. The van der Waals surface area contributed by atoms with Crippen LogP contribution in [-0.4, -0.2) is 33.8 Å². The van der Waals surface area contributed by atoms with Crippen LogP contribution in [0.1, 0.15) is 57.0 Å². The lowest BCUT2D eigenvalue weighted by Gasteiger charge is -2.27. The van der Waals surface area contributed by atoms with Gasteiger partial charge >= 0.3 is 0 Å². The Morgan fingerprint density at radius 3 is 2.77 bits per heavy atom. The van der Waals surface area contributed by atoms with Gasteiger partial charge in [0.05, 0.1) is 18.6 Å². The van der Waals surface area contributed by atoms with Gasteiger partial charge in [-0.2, -0.15) is 13.9 Å². The predicted octanol–water partition coefficient (Wildman–Crippen LogP) is 8.61. The fourth-order valence-electron chi connectivity index (χ4n) is 4.66. The first-order valence-electron chi connectivity index (χ1n) is 12.9. The lowest BCUT2D eigenvalue weighted by atomic mass is 9.93. The SMILES string of the molecule is C=C1/C(=C\C(=C/C)c2nc(-c3cc(C(C)C)n(CCC)n3)c(C=C(F)/C=C/F)c3sccc23)CNCC1(F)F. The van der Waals surface area contributed by atoms with Crippen molar-refractivity contribution in [1.82, 2.24) is 20.1 Å². The number of thiophene rings is 1. The van der Waals surface area contributed by atoms with Gasteiger partial charge in [-0.25, -0.2) is 13.8 Å². The molecule has 0 saturated carbocycles. The number of rotatable bonds is 8. The normalized spacial score (nSPS) is 17.9. The molecular formula is C30H32F4N4S. The van der Waals surface area contributed by atoms with Gasteiger partial charge in [-0.05, 0) is 60.1 Å². The lowest BCUT2D eigenvalue weighted by molar-refractivity contribution is 0.0383. The summed E-state index contributed by atoms with van der Waals surface area (Å²) in [6.45, 7) is 12.2. The standard InChI is InChI=1S/C30H32F4N4S/c1-6-11-38-26(18(3)4)15-25(37-38)28-24(14-22(32)8-10-31)29-23(9-12-39-29)27(36-28)20(7-2)13-21-16-35-17-30(33,34)19(21)5/h7-10,12-15,18,35H,5-6,11,16-17H2,1-4H3/b10-8+,20-7+,21-13-,22-14?. The minimum Gasteiger partial charge on any atom is -0.307 e. The number of aromatic nitrogens is 3. The summed E-state index contributed by atoms with van der Waals surface area (Å²) in [6.07, 6.45) is 6.53. The topological polar surface area (TPSA) is 42.7 Å². The molecule has 0 amide bonds. The Hall–Kier alpha value is -3.30. The second-order valence-electron chi connectivity index (χ2n) is 9.74. The fourth-order valence-corrected chi connectivity index (χ4v) is 5.57. The van der Waals surface area contributed by atoms with E-state index < -0.39 is 18.3 Å². The largest absolute Gasteiger partial charge is 0.307 e. The third-order valence-electron chi connectivity index (χ3n) is 6.63. The first-order chi connectivity index (χ1) is 18.6. The third kappa shape index (κ3) is 5.84. The predicted molar refractivity (Wildman–Crippen MR) is 153 cm³/mol. The molecule has 9 heteroatoms. The summed E-state index contributed by atoms with van der Waals surface area (Å²) < 4.78 is 58.9. The Kier molecular flexibility index (Phi) is 8.71. The van der Waals surface area contributed by atoms with Crippen LogP contribution in [0.25, 0.3) is 33.1 Å². The second kappa shape index (κ2) is 11.8. The smallest absolute Gasteiger partial charge is 0.285 e. The van der Waals surface area contributed by atoms with Gasteiger partial charge in [0.25, 0.3) is 5.92 Å². The van der Waals surface area contributed by atoms with Crippen molar-refractivity contribution in [3.63, 3.8) is 0 Å². The molecule has 1 saturated heterocycles. The van der Waals surface area contributed by atoms with Crippen LogP contribution in [0.5, 0.6) is 0 Å². The average molecular weight is 557 g/mol. The minimum atomic E-state index is -3.05. The van der Waals surface area contributed by atoms with E-state index in [0.717, 1.165) is 28.3 Å².